The van der Waals surface area contributed by atoms with Crippen LogP contribution >= 0.6 is 0 Å². The van der Waals surface area contributed by atoms with E-state index in [1.54, 1.807) is 42.5 Å². The quantitative estimate of drug-likeness (QED) is 0.142. The van der Waals surface area contributed by atoms with Crippen molar-refractivity contribution in [3.63, 3.8) is 0 Å². The van der Waals surface area contributed by atoms with Gasteiger partial charge in [-0.2, -0.15) is 0 Å². The lowest BCUT2D eigenvalue weighted by Crippen LogP contribution is -2.53. The number of benzene rings is 5. The number of anilines is 1. The molecular weight excluding hydrogens is 623 g/mol. The first-order valence-electron chi connectivity index (χ1n) is 15.8. The average molecular weight is 662 g/mol. The second kappa shape index (κ2) is 15.9. The topological polar surface area (TPSA) is 96.0 Å². The molecule has 0 saturated heterocycles. The van der Waals surface area contributed by atoms with Gasteiger partial charge < -0.3 is 15.0 Å². The molecule has 0 spiro atoms. The zero-order valence-electron chi connectivity index (χ0n) is 27.0. The average Bonchev–Trinajstić information content (AvgIpc) is 3.10. The van der Waals surface area contributed by atoms with Crippen LogP contribution in [-0.2, 0) is 32.6 Å². The number of carbonyl (C=O) groups is 2. The van der Waals surface area contributed by atoms with Crippen molar-refractivity contribution < 1.29 is 22.7 Å². The summed E-state index contributed by atoms with van der Waals surface area (Å²) in [4.78, 5) is 29.8. The van der Waals surface area contributed by atoms with E-state index in [0.717, 1.165) is 21.0 Å². The molecule has 8 nitrogen and oxygen atoms in total. The summed E-state index contributed by atoms with van der Waals surface area (Å²) in [7, 11) is -4.20. The largest absolute Gasteiger partial charge is 0.457 e. The van der Waals surface area contributed by atoms with Crippen molar-refractivity contribution in [1.82, 2.24) is 10.2 Å². The Kier molecular flexibility index (Phi) is 11.3. The molecule has 2 amide bonds. The Morgan fingerprint density at radius 2 is 1.31 bits per heavy atom. The molecule has 9 heteroatoms. The van der Waals surface area contributed by atoms with Gasteiger partial charge in [-0.25, -0.2) is 8.42 Å². The molecule has 1 atom stereocenters. The zero-order valence-corrected chi connectivity index (χ0v) is 27.8. The lowest BCUT2D eigenvalue weighted by molar-refractivity contribution is -0.140. The van der Waals surface area contributed by atoms with Crippen molar-refractivity contribution in [2.24, 2.45) is 0 Å². The molecule has 246 valence electrons. The summed E-state index contributed by atoms with van der Waals surface area (Å²) in [6.07, 6.45) is 0.251. The number of likely N-dealkylation sites (N-methyl/N-ethyl adjacent to an activating group) is 1. The number of carbonyl (C=O) groups excluding carboxylic acids is 2. The number of hydrogen-bond acceptors (Lipinski definition) is 5. The monoisotopic (exact) mass is 661 g/mol. The maximum absolute atomic E-state index is 14.6. The number of rotatable bonds is 14. The highest BCUT2D eigenvalue weighted by Gasteiger charge is 2.34. The summed E-state index contributed by atoms with van der Waals surface area (Å²) in [5.41, 5.74) is 2.98. The van der Waals surface area contributed by atoms with E-state index >= 15 is 0 Å². The number of hydrogen-bond donors (Lipinski definition) is 1. The Balaban J connectivity index is 1.54. The first-order chi connectivity index (χ1) is 23.2. The molecule has 0 radical (unpaired) electrons. The SMILES string of the molecule is CCNC(=O)[C@@H](Cc1ccccc1)N(Cc1cccc(C)c1)C(=O)CN(c1ccc(Oc2ccccc2)cc1)S(=O)(=O)c1ccccc1. The zero-order chi connectivity index (χ0) is 33.9. The van der Waals surface area contributed by atoms with E-state index in [1.807, 2.05) is 98.8 Å². The van der Waals surface area contributed by atoms with Crippen LogP contribution < -0.4 is 14.4 Å². The van der Waals surface area contributed by atoms with Crippen LogP contribution in [0.4, 0.5) is 5.69 Å². The molecule has 0 unspecified atom stereocenters. The van der Waals surface area contributed by atoms with Crippen molar-refractivity contribution in [2.75, 3.05) is 17.4 Å². The fourth-order valence-electron chi connectivity index (χ4n) is 5.41. The molecule has 0 fully saturated rings. The van der Waals surface area contributed by atoms with Gasteiger partial charge in [-0.05, 0) is 73.5 Å². The van der Waals surface area contributed by atoms with E-state index in [9.17, 15) is 18.0 Å². The van der Waals surface area contributed by atoms with Crippen LogP contribution in [-0.4, -0.2) is 44.3 Å². The maximum atomic E-state index is 14.6. The third kappa shape index (κ3) is 8.68. The third-order valence-electron chi connectivity index (χ3n) is 7.77. The van der Waals surface area contributed by atoms with E-state index in [4.69, 9.17) is 4.74 Å². The van der Waals surface area contributed by atoms with Crippen LogP contribution in [0.5, 0.6) is 11.5 Å². The van der Waals surface area contributed by atoms with Crippen molar-refractivity contribution >= 4 is 27.5 Å². The standard InChI is InChI=1S/C39H39N3O5S/c1-3-40-39(44)37(27-31-15-7-4-8-16-31)41(28-32-17-13-14-30(2)26-32)38(43)29-42(48(45,46)36-20-11-6-12-21-36)33-22-24-35(25-23-33)47-34-18-9-5-10-19-34/h4-26,37H,3,27-29H2,1-2H3,(H,40,44)/t37-/m1/s1. The Morgan fingerprint density at radius 3 is 1.94 bits per heavy atom. The van der Waals surface area contributed by atoms with Gasteiger partial charge in [0.25, 0.3) is 10.0 Å². The van der Waals surface area contributed by atoms with Gasteiger partial charge in [0.15, 0.2) is 0 Å². The Labute approximate surface area is 282 Å². The molecule has 1 N–H and O–H groups in total. The second-order valence-electron chi connectivity index (χ2n) is 11.3. The molecule has 0 aliphatic heterocycles. The maximum Gasteiger partial charge on any atom is 0.264 e. The van der Waals surface area contributed by atoms with Gasteiger partial charge in [0.1, 0.15) is 24.1 Å². The number of aryl methyl sites for hydroxylation is 1. The van der Waals surface area contributed by atoms with E-state index < -0.39 is 28.5 Å². The van der Waals surface area contributed by atoms with E-state index in [-0.39, 0.29) is 29.5 Å². The molecule has 0 aliphatic rings. The van der Waals surface area contributed by atoms with Gasteiger partial charge >= 0.3 is 0 Å². The minimum absolute atomic E-state index is 0.0391. The molecule has 5 aromatic carbocycles. The fraction of sp³-hybridized carbons (Fsp3) is 0.179. The van der Waals surface area contributed by atoms with E-state index in [0.29, 0.717) is 18.0 Å². The number of nitrogens with one attached hydrogen (secondary N) is 1. The summed E-state index contributed by atoms with van der Waals surface area (Å²) in [6.45, 7) is 3.73. The van der Waals surface area contributed by atoms with E-state index in [1.165, 1.54) is 17.0 Å². The number of ether oxygens (including phenoxy) is 1. The predicted octanol–water partition coefficient (Wildman–Crippen LogP) is 6.76. The molecule has 0 saturated carbocycles. The van der Waals surface area contributed by atoms with Crippen LogP contribution in [0.3, 0.4) is 0 Å². The Hall–Kier alpha value is -5.41. The van der Waals surface area contributed by atoms with Gasteiger partial charge in [-0.1, -0.05) is 96.6 Å². The molecule has 5 aromatic rings. The highest BCUT2D eigenvalue weighted by Crippen LogP contribution is 2.29. The molecule has 5 rings (SSSR count). The fourth-order valence-corrected chi connectivity index (χ4v) is 6.84. The smallest absolute Gasteiger partial charge is 0.264 e. The first kappa shape index (κ1) is 33.9. The number of nitrogens with zero attached hydrogens (tertiary/aromatic N) is 2. The van der Waals surface area contributed by atoms with Gasteiger partial charge in [0.05, 0.1) is 10.6 Å². The van der Waals surface area contributed by atoms with E-state index in [2.05, 4.69) is 5.32 Å². The molecule has 0 aliphatic carbocycles. The molecular formula is C39H39N3O5S. The minimum Gasteiger partial charge on any atom is -0.457 e. The van der Waals surface area contributed by atoms with Crippen molar-refractivity contribution in [3.8, 4) is 11.5 Å². The highest BCUT2D eigenvalue weighted by molar-refractivity contribution is 7.92. The summed E-state index contributed by atoms with van der Waals surface area (Å²) in [5, 5.41) is 2.89. The Bertz CT molecular complexity index is 1900. The van der Waals surface area contributed by atoms with Gasteiger partial charge in [-0.3, -0.25) is 13.9 Å². The van der Waals surface area contributed by atoms with Crippen LogP contribution in [0.1, 0.15) is 23.6 Å². The summed E-state index contributed by atoms with van der Waals surface area (Å²) < 4.78 is 35.4. The minimum atomic E-state index is -4.20. The van der Waals surface area contributed by atoms with Crippen LogP contribution in [0.15, 0.2) is 144 Å². The first-order valence-corrected chi connectivity index (χ1v) is 17.3. The summed E-state index contributed by atoms with van der Waals surface area (Å²) in [6, 6.07) is 40.1. The number of sulfonamides is 1. The molecule has 0 heterocycles. The molecule has 0 bridgehead atoms. The molecule has 0 aromatic heterocycles. The van der Waals surface area contributed by atoms with Crippen LogP contribution in [0, 0.1) is 6.92 Å². The van der Waals surface area contributed by atoms with Gasteiger partial charge in [-0.15, -0.1) is 0 Å². The third-order valence-corrected chi connectivity index (χ3v) is 9.56. The van der Waals surface area contributed by atoms with Gasteiger partial charge in [0, 0.05) is 19.5 Å². The summed E-state index contributed by atoms with van der Waals surface area (Å²) >= 11 is 0. The predicted molar refractivity (Wildman–Crippen MR) is 188 cm³/mol. The second-order valence-corrected chi connectivity index (χ2v) is 13.2. The normalized spacial score (nSPS) is 11.7. The highest BCUT2D eigenvalue weighted by atomic mass is 32.2. The van der Waals surface area contributed by atoms with Gasteiger partial charge in [0.2, 0.25) is 11.8 Å². The lowest BCUT2D eigenvalue weighted by Gasteiger charge is -2.34. The molecule has 48 heavy (non-hydrogen) atoms. The van der Waals surface area contributed by atoms with Crippen LogP contribution in [0.2, 0.25) is 0 Å². The van der Waals surface area contributed by atoms with Crippen molar-refractivity contribution in [2.45, 2.75) is 37.8 Å². The summed E-state index contributed by atoms with van der Waals surface area (Å²) in [5.74, 6) is 0.305. The Morgan fingerprint density at radius 1 is 0.729 bits per heavy atom. The number of amides is 2. The number of para-hydroxylation sites is 1. The van der Waals surface area contributed by atoms with Crippen LogP contribution in [0.25, 0.3) is 0 Å². The van der Waals surface area contributed by atoms with Crippen molar-refractivity contribution in [3.05, 3.63) is 156 Å². The van der Waals surface area contributed by atoms with Crippen molar-refractivity contribution in [1.29, 1.82) is 0 Å². The lowest BCUT2D eigenvalue weighted by atomic mass is 10.0.